The number of aryl methyl sites for hydroxylation is 2. The van der Waals surface area contributed by atoms with Crippen molar-refractivity contribution >= 4 is 33.1 Å². The number of nitrogens with zero attached hydrogens (tertiary/aromatic N) is 1. The average Bonchev–Trinajstić information content (AvgIpc) is 3.57. The SMILES string of the molecule is C=CC(O)C(C=C)C(=C)/C=C\C(=C/C)N(c1ccccc1-c1ccccc1)c1cc2oc3c(c2c2ccccc12)-c1ccccc1CC3.CC. The van der Waals surface area contributed by atoms with Crippen LogP contribution in [0.2, 0.25) is 0 Å². The second kappa shape index (κ2) is 15.3. The third-order valence-corrected chi connectivity index (χ3v) is 9.44. The molecule has 7 rings (SSSR count). The molecule has 250 valence electrons. The summed E-state index contributed by atoms with van der Waals surface area (Å²) in [6.45, 7) is 18.0. The Hall–Kier alpha value is -5.64. The molecule has 0 saturated heterocycles. The van der Waals surface area contributed by atoms with Crippen molar-refractivity contribution < 1.29 is 9.52 Å². The second-order valence-corrected chi connectivity index (χ2v) is 12.2. The molecule has 1 heterocycles. The normalized spacial score (nSPS) is 13.6. The summed E-state index contributed by atoms with van der Waals surface area (Å²) in [4.78, 5) is 2.32. The average molecular weight is 656 g/mol. The minimum atomic E-state index is -0.773. The highest BCUT2D eigenvalue weighted by atomic mass is 16.3. The van der Waals surface area contributed by atoms with Gasteiger partial charge in [0.05, 0.1) is 17.5 Å². The van der Waals surface area contributed by atoms with E-state index in [0.29, 0.717) is 0 Å². The Morgan fingerprint density at radius 1 is 0.760 bits per heavy atom. The summed E-state index contributed by atoms with van der Waals surface area (Å²) in [7, 11) is 0. The summed E-state index contributed by atoms with van der Waals surface area (Å²) in [5.41, 5.74) is 10.7. The summed E-state index contributed by atoms with van der Waals surface area (Å²) in [6.07, 6.45) is 10.5. The number of hydrogen-bond donors (Lipinski definition) is 1. The highest BCUT2D eigenvalue weighted by molar-refractivity contribution is 6.19. The number of benzene rings is 5. The van der Waals surface area contributed by atoms with Crippen molar-refractivity contribution in [3.63, 3.8) is 0 Å². The number of rotatable bonds is 10. The number of anilines is 2. The maximum absolute atomic E-state index is 10.6. The van der Waals surface area contributed by atoms with Crippen LogP contribution >= 0.6 is 0 Å². The molecule has 0 radical (unpaired) electrons. The molecule has 3 heteroatoms. The molecular weight excluding hydrogens is 611 g/mol. The van der Waals surface area contributed by atoms with Gasteiger partial charge in [-0.15, -0.1) is 13.2 Å². The monoisotopic (exact) mass is 655 g/mol. The summed E-state index contributed by atoms with van der Waals surface area (Å²) in [5, 5.41) is 14.0. The summed E-state index contributed by atoms with van der Waals surface area (Å²) >= 11 is 0. The molecular formula is C47H45NO2. The second-order valence-electron chi connectivity index (χ2n) is 12.2. The van der Waals surface area contributed by atoms with E-state index in [2.05, 4.69) is 140 Å². The number of allylic oxidation sites excluding steroid dienone is 3. The molecule has 1 aliphatic carbocycles. The first-order valence-corrected chi connectivity index (χ1v) is 17.5. The lowest BCUT2D eigenvalue weighted by Crippen LogP contribution is -2.18. The van der Waals surface area contributed by atoms with Crippen LogP contribution in [0, 0.1) is 5.92 Å². The van der Waals surface area contributed by atoms with Crippen LogP contribution in [0.15, 0.2) is 175 Å². The molecule has 1 aliphatic rings. The van der Waals surface area contributed by atoms with Crippen molar-refractivity contribution in [2.24, 2.45) is 5.92 Å². The molecule has 5 aromatic carbocycles. The van der Waals surface area contributed by atoms with Gasteiger partial charge in [-0.3, -0.25) is 0 Å². The maximum Gasteiger partial charge on any atom is 0.137 e. The fourth-order valence-corrected chi connectivity index (χ4v) is 7.07. The summed E-state index contributed by atoms with van der Waals surface area (Å²) < 4.78 is 6.77. The van der Waals surface area contributed by atoms with E-state index in [9.17, 15) is 5.11 Å². The Morgan fingerprint density at radius 2 is 1.42 bits per heavy atom. The maximum atomic E-state index is 10.6. The van der Waals surface area contributed by atoms with Gasteiger partial charge in [0.2, 0.25) is 0 Å². The van der Waals surface area contributed by atoms with Crippen LogP contribution in [0.3, 0.4) is 0 Å². The minimum absolute atomic E-state index is 0.351. The van der Waals surface area contributed by atoms with Crippen molar-refractivity contribution in [1.82, 2.24) is 0 Å². The van der Waals surface area contributed by atoms with E-state index < -0.39 is 6.10 Å². The number of para-hydroxylation sites is 1. The quantitative estimate of drug-likeness (QED) is 0.118. The van der Waals surface area contributed by atoms with Gasteiger partial charge in [0.25, 0.3) is 0 Å². The van der Waals surface area contributed by atoms with E-state index in [1.807, 2.05) is 32.9 Å². The van der Waals surface area contributed by atoms with Crippen LogP contribution < -0.4 is 4.90 Å². The lowest BCUT2D eigenvalue weighted by Gasteiger charge is -2.30. The lowest BCUT2D eigenvalue weighted by atomic mass is 9.87. The molecule has 2 unspecified atom stereocenters. The van der Waals surface area contributed by atoms with Gasteiger partial charge < -0.3 is 14.4 Å². The van der Waals surface area contributed by atoms with Gasteiger partial charge in [-0.2, -0.15) is 0 Å². The Kier molecular flexibility index (Phi) is 10.5. The van der Waals surface area contributed by atoms with Gasteiger partial charge in [-0.25, -0.2) is 0 Å². The molecule has 6 aromatic rings. The van der Waals surface area contributed by atoms with Crippen LogP contribution in [0.1, 0.15) is 32.1 Å². The van der Waals surface area contributed by atoms with E-state index in [4.69, 9.17) is 4.42 Å². The fraction of sp³-hybridized carbons (Fsp3) is 0.149. The number of aliphatic hydroxyl groups is 1. The molecule has 0 saturated carbocycles. The van der Waals surface area contributed by atoms with Gasteiger partial charge in [-0.05, 0) is 53.1 Å². The van der Waals surface area contributed by atoms with E-state index in [1.54, 1.807) is 6.08 Å². The van der Waals surface area contributed by atoms with Gasteiger partial charge >= 0.3 is 0 Å². The van der Waals surface area contributed by atoms with Crippen LogP contribution in [-0.4, -0.2) is 11.2 Å². The number of hydrogen-bond acceptors (Lipinski definition) is 3. The molecule has 0 fully saturated rings. The highest BCUT2D eigenvalue weighted by Crippen LogP contribution is 2.48. The number of aliphatic hydroxyl groups excluding tert-OH is 1. The topological polar surface area (TPSA) is 36.6 Å². The predicted molar refractivity (Wildman–Crippen MR) is 214 cm³/mol. The van der Waals surface area contributed by atoms with Crippen molar-refractivity contribution in [3.8, 4) is 22.3 Å². The standard InChI is InChI=1S/C45H39NO2.C2H6/c1-5-33(27-25-30(4)34(6-2)41(47)7-3)46(39-24-16-15-20-35(39)31-17-9-8-10-18-31)40-29-43-45(38-23-14-13-22-37(38)40)44-36-21-12-11-19-32(36)26-28-42(44)48-43;1-2/h5-25,27,29,34,41,47H,2-4,26,28H2,1H3;1-2H3/b27-25-,33-5+;. The predicted octanol–water partition coefficient (Wildman–Crippen LogP) is 12.5. The zero-order chi connectivity index (χ0) is 35.2. The van der Waals surface area contributed by atoms with Crippen molar-refractivity contribution in [3.05, 3.63) is 182 Å². The Morgan fingerprint density at radius 3 is 2.14 bits per heavy atom. The molecule has 0 spiro atoms. The smallest absolute Gasteiger partial charge is 0.137 e. The van der Waals surface area contributed by atoms with Crippen LogP contribution in [0.4, 0.5) is 11.4 Å². The molecule has 3 nitrogen and oxygen atoms in total. The fourth-order valence-electron chi connectivity index (χ4n) is 7.07. The summed E-state index contributed by atoms with van der Waals surface area (Å²) in [5.74, 6) is 0.692. The van der Waals surface area contributed by atoms with Crippen LogP contribution in [0.25, 0.3) is 44.0 Å². The van der Waals surface area contributed by atoms with E-state index in [0.717, 1.165) is 74.1 Å². The number of fused-ring (bicyclic) bond motifs is 7. The molecule has 0 aliphatic heterocycles. The van der Waals surface area contributed by atoms with Crippen molar-refractivity contribution in [1.29, 1.82) is 0 Å². The van der Waals surface area contributed by atoms with Crippen molar-refractivity contribution in [2.75, 3.05) is 4.90 Å². The highest BCUT2D eigenvalue weighted by Gasteiger charge is 2.27. The third-order valence-electron chi connectivity index (χ3n) is 9.44. The Balaban J connectivity index is 0.00000212. The van der Waals surface area contributed by atoms with E-state index in [1.165, 1.54) is 22.8 Å². The molecule has 50 heavy (non-hydrogen) atoms. The van der Waals surface area contributed by atoms with Crippen molar-refractivity contribution in [2.45, 2.75) is 39.7 Å². The van der Waals surface area contributed by atoms with E-state index in [-0.39, 0.29) is 5.92 Å². The summed E-state index contributed by atoms with van der Waals surface area (Å²) in [6, 6.07) is 38.6. The van der Waals surface area contributed by atoms with Crippen LogP contribution in [0.5, 0.6) is 0 Å². The molecule has 0 amide bonds. The van der Waals surface area contributed by atoms with Gasteiger partial charge in [0.1, 0.15) is 11.3 Å². The first-order valence-electron chi connectivity index (χ1n) is 17.5. The van der Waals surface area contributed by atoms with Crippen LogP contribution in [-0.2, 0) is 12.8 Å². The Bertz CT molecular complexity index is 2230. The zero-order valence-corrected chi connectivity index (χ0v) is 29.3. The first-order chi connectivity index (χ1) is 24.5. The largest absolute Gasteiger partial charge is 0.460 e. The van der Waals surface area contributed by atoms with Gasteiger partial charge in [-0.1, -0.05) is 142 Å². The Labute approximate surface area is 296 Å². The van der Waals surface area contributed by atoms with E-state index >= 15 is 0 Å². The molecule has 0 bridgehead atoms. The first kappa shape index (κ1) is 34.2. The number of furan rings is 1. The minimum Gasteiger partial charge on any atom is -0.460 e. The lowest BCUT2D eigenvalue weighted by molar-refractivity contribution is 0.194. The zero-order valence-electron chi connectivity index (χ0n) is 29.3. The third kappa shape index (κ3) is 6.29. The van der Waals surface area contributed by atoms with Gasteiger partial charge in [0, 0.05) is 46.0 Å². The van der Waals surface area contributed by atoms with Gasteiger partial charge in [0.15, 0.2) is 0 Å². The molecule has 1 aromatic heterocycles. The molecule has 2 atom stereocenters. The molecule has 1 N–H and O–H groups in total.